The van der Waals surface area contributed by atoms with E-state index in [1.807, 2.05) is 51.2 Å². The zero-order chi connectivity index (χ0) is 16.4. The number of amides is 1. The lowest BCUT2D eigenvalue weighted by molar-refractivity contribution is 0.0766. The average molecular weight is 307 g/mol. The quantitative estimate of drug-likeness (QED) is 0.717. The number of carbonyl (C=O) groups excluding carboxylic acids is 1. The standard InChI is InChI=1S/C20H21NO2/c1-14-9-10-18-17(13-14)15(2)19(23-18)20(22)21(3)12-11-16-7-5-4-6-8-16/h4-10,13H,11-12H2,1-3H3. The molecule has 23 heavy (non-hydrogen) atoms. The number of furan rings is 1. The van der Waals surface area contributed by atoms with E-state index in [0.29, 0.717) is 12.3 Å². The lowest BCUT2D eigenvalue weighted by Crippen LogP contribution is -2.29. The molecule has 1 aromatic heterocycles. The smallest absolute Gasteiger partial charge is 0.289 e. The lowest BCUT2D eigenvalue weighted by atomic mass is 10.1. The average Bonchev–Trinajstić information content (AvgIpc) is 2.89. The summed E-state index contributed by atoms with van der Waals surface area (Å²) in [5.74, 6) is 0.383. The summed E-state index contributed by atoms with van der Waals surface area (Å²) in [4.78, 5) is 14.4. The molecule has 3 nitrogen and oxygen atoms in total. The fourth-order valence-electron chi connectivity index (χ4n) is 2.76. The summed E-state index contributed by atoms with van der Waals surface area (Å²) in [6.07, 6.45) is 0.835. The number of hydrogen-bond donors (Lipinski definition) is 0. The van der Waals surface area contributed by atoms with Crippen LogP contribution in [0.15, 0.2) is 52.9 Å². The fourth-order valence-corrected chi connectivity index (χ4v) is 2.76. The molecule has 2 aromatic carbocycles. The largest absolute Gasteiger partial charge is 0.451 e. The summed E-state index contributed by atoms with van der Waals surface area (Å²) in [5.41, 5.74) is 4.08. The van der Waals surface area contributed by atoms with Gasteiger partial charge in [-0.1, -0.05) is 42.0 Å². The van der Waals surface area contributed by atoms with E-state index in [1.165, 1.54) is 5.56 Å². The number of nitrogens with zero attached hydrogens (tertiary/aromatic N) is 1. The summed E-state index contributed by atoms with van der Waals surface area (Å²) < 4.78 is 5.80. The SMILES string of the molecule is Cc1ccc2oc(C(=O)N(C)CCc3ccccc3)c(C)c2c1. The van der Waals surface area contributed by atoms with Crippen molar-refractivity contribution in [2.45, 2.75) is 20.3 Å². The Kier molecular flexibility index (Phi) is 4.20. The van der Waals surface area contributed by atoms with Crippen molar-refractivity contribution in [1.82, 2.24) is 4.90 Å². The predicted octanol–water partition coefficient (Wildman–Crippen LogP) is 4.36. The maximum Gasteiger partial charge on any atom is 0.289 e. The Labute approximate surface area is 136 Å². The van der Waals surface area contributed by atoms with E-state index in [0.717, 1.165) is 28.5 Å². The highest BCUT2D eigenvalue weighted by Crippen LogP contribution is 2.27. The molecule has 3 heteroatoms. The van der Waals surface area contributed by atoms with E-state index in [-0.39, 0.29) is 5.91 Å². The van der Waals surface area contributed by atoms with Gasteiger partial charge in [0.25, 0.3) is 5.91 Å². The molecule has 0 aliphatic carbocycles. The molecule has 0 saturated carbocycles. The number of hydrogen-bond acceptors (Lipinski definition) is 2. The Morgan fingerprint density at radius 3 is 2.57 bits per heavy atom. The molecule has 3 rings (SSSR count). The van der Waals surface area contributed by atoms with Gasteiger partial charge in [0.15, 0.2) is 5.76 Å². The zero-order valence-corrected chi connectivity index (χ0v) is 13.8. The van der Waals surface area contributed by atoms with Crippen molar-refractivity contribution in [1.29, 1.82) is 0 Å². The van der Waals surface area contributed by atoms with Crippen LogP contribution >= 0.6 is 0 Å². The molecule has 3 aromatic rings. The summed E-state index contributed by atoms with van der Waals surface area (Å²) in [6.45, 7) is 4.65. The van der Waals surface area contributed by atoms with Crippen LogP contribution in [0.4, 0.5) is 0 Å². The number of likely N-dealkylation sites (N-methyl/N-ethyl adjacent to an activating group) is 1. The Balaban J connectivity index is 1.78. The molecule has 0 saturated heterocycles. The van der Waals surface area contributed by atoms with Crippen LogP contribution in [0.1, 0.15) is 27.2 Å². The molecule has 0 N–H and O–H groups in total. The van der Waals surface area contributed by atoms with Crippen molar-refractivity contribution in [2.75, 3.05) is 13.6 Å². The fraction of sp³-hybridized carbons (Fsp3) is 0.250. The minimum absolute atomic E-state index is 0.0627. The highest BCUT2D eigenvalue weighted by atomic mass is 16.3. The Bertz CT molecular complexity index is 833. The van der Waals surface area contributed by atoms with Gasteiger partial charge in [0, 0.05) is 24.5 Å². The normalized spacial score (nSPS) is 10.9. The van der Waals surface area contributed by atoms with E-state index >= 15 is 0 Å². The molecule has 0 fully saturated rings. The zero-order valence-electron chi connectivity index (χ0n) is 13.8. The van der Waals surface area contributed by atoms with Gasteiger partial charge in [-0.05, 0) is 38.0 Å². The molecule has 0 aliphatic heterocycles. The maximum atomic E-state index is 12.7. The third-order valence-electron chi connectivity index (χ3n) is 4.21. The van der Waals surface area contributed by atoms with Crippen molar-refractivity contribution >= 4 is 16.9 Å². The van der Waals surface area contributed by atoms with Gasteiger partial charge in [0.1, 0.15) is 5.58 Å². The molecule has 118 valence electrons. The van der Waals surface area contributed by atoms with Gasteiger partial charge in [-0.2, -0.15) is 0 Å². The summed E-state index contributed by atoms with van der Waals surface area (Å²) in [7, 11) is 1.82. The summed E-state index contributed by atoms with van der Waals surface area (Å²) in [6, 6.07) is 16.2. The molecule has 0 aliphatic rings. The first kappa shape index (κ1) is 15.3. The Morgan fingerprint density at radius 2 is 1.83 bits per heavy atom. The number of fused-ring (bicyclic) bond motifs is 1. The van der Waals surface area contributed by atoms with Crippen molar-refractivity contribution in [3.63, 3.8) is 0 Å². The predicted molar refractivity (Wildman–Crippen MR) is 92.8 cm³/mol. The highest BCUT2D eigenvalue weighted by Gasteiger charge is 2.20. The molecule has 0 spiro atoms. The molecule has 1 amide bonds. The second kappa shape index (κ2) is 6.29. The Morgan fingerprint density at radius 1 is 1.09 bits per heavy atom. The number of aryl methyl sites for hydroxylation is 2. The van der Waals surface area contributed by atoms with Crippen molar-refractivity contribution in [3.05, 3.63) is 71.0 Å². The first-order valence-electron chi connectivity index (χ1n) is 7.85. The van der Waals surface area contributed by atoms with E-state index < -0.39 is 0 Å². The third kappa shape index (κ3) is 3.14. The molecule has 0 unspecified atom stereocenters. The van der Waals surface area contributed by atoms with Gasteiger partial charge >= 0.3 is 0 Å². The van der Waals surface area contributed by atoms with Gasteiger partial charge in [-0.25, -0.2) is 0 Å². The highest BCUT2D eigenvalue weighted by molar-refractivity contribution is 5.98. The minimum atomic E-state index is -0.0627. The van der Waals surface area contributed by atoms with E-state index in [2.05, 4.69) is 18.2 Å². The van der Waals surface area contributed by atoms with Gasteiger partial charge in [0.2, 0.25) is 0 Å². The van der Waals surface area contributed by atoms with Crippen LogP contribution < -0.4 is 0 Å². The van der Waals surface area contributed by atoms with Crippen LogP contribution in [-0.4, -0.2) is 24.4 Å². The molecule has 0 atom stereocenters. The van der Waals surface area contributed by atoms with Crippen molar-refractivity contribution in [2.24, 2.45) is 0 Å². The van der Waals surface area contributed by atoms with E-state index in [1.54, 1.807) is 4.90 Å². The van der Waals surface area contributed by atoms with Crippen LogP contribution in [0, 0.1) is 13.8 Å². The minimum Gasteiger partial charge on any atom is -0.451 e. The molecular weight excluding hydrogens is 286 g/mol. The van der Waals surface area contributed by atoms with Crippen LogP contribution in [0.3, 0.4) is 0 Å². The van der Waals surface area contributed by atoms with Gasteiger partial charge in [0.05, 0.1) is 0 Å². The van der Waals surface area contributed by atoms with Crippen LogP contribution in [0.2, 0.25) is 0 Å². The summed E-state index contributed by atoms with van der Waals surface area (Å²) >= 11 is 0. The molecular formula is C20H21NO2. The van der Waals surface area contributed by atoms with Gasteiger partial charge in [-0.15, -0.1) is 0 Å². The second-order valence-electron chi connectivity index (χ2n) is 6.02. The van der Waals surface area contributed by atoms with Crippen molar-refractivity contribution in [3.8, 4) is 0 Å². The first-order chi connectivity index (χ1) is 11.1. The third-order valence-corrected chi connectivity index (χ3v) is 4.21. The van der Waals surface area contributed by atoms with Crippen LogP contribution in [0.25, 0.3) is 11.0 Å². The topological polar surface area (TPSA) is 33.5 Å². The Hall–Kier alpha value is -2.55. The van der Waals surface area contributed by atoms with Crippen LogP contribution in [0.5, 0.6) is 0 Å². The molecule has 0 bridgehead atoms. The van der Waals surface area contributed by atoms with Crippen LogP contribution in [-0.2, 0) is 6.42 Å². The maximum absolute atomic E-state index is 12.7. The molecule has 1 heterocycles. The van der Waals surface area contributed by atoms with E-state index in [9.17, 15) is 4.79 Å². The number of benzene rings is 2. The van der Waals surface area contributed by atoms with Gasteiger partial charge < -0.3 is 9.32 Å². The number of rotatable bonds is 4. The van der Waals surface area contributed by atoms with Crippen molar-refractivity contribution < 1.29 is 9.21 Å². The molecule has 0 radical (unpaired) electrons. The summed E-state index contributed by atoms with van der Waals surface area (Å²) in [5, 5.41) is 1.02. The van der Waals surface area contributed by atoms with Gasteiger partial charge in [-0.3, -0.25) is 4.79 Å². The van der Waals surface area contributed by atoms with E-state index in [4.69, 9.17) is 4.42 Å². The monoisotopic (exact) mass is 307 g/mol. The lowest BCUT2D eigenvalue weighted by Gasteiger charge is -2.16. The second-order valence-corrected chi connectivity index (χ2v) is 6.02. The number of carbonyl (C=O) groups is 1. The first-order valence-corrected chi connectivity index (χ1v) is 7.85.